The van der Waals surface area contributed by atoms with E-state index in [1.54, 1.807) is 6.20 Å². The smallest absolute Gasteiger partial charge is 0.251 e. The Balaban J connectivity index is 1.51. The number of carbonyl (C=O) groups is 1. The standard InChI is InChI=1S/C26H24N6O/c1-30(2)11-9-29-26(33)20-7-8-23-22(13-20)17-31-16-21(19-5-3-18(15-27)4-6-19)14-24(31)25-28-10-12-32(23)25/h3-8,10,12-14,16H,9,11,17H2,1-2H3,(H,29,33). The number of imidazole rings is 1. The third-order valence-electron chi connectivity index (χ3n) is 5.90. The minimum atomic E-state index is -0.0687. The molecule has 1 aliphatic heterocycles. The maximum Gasteiger partial charge on any atom is 0.251 e. The molecule has 0 atom stereocenters. The molecule has 0 saturated carbocycles. The highest BCUT2D eigenvalue weighted by Gasteiger charge is 2.22. The predicted molar refractivity (Wildman–Crippen MR) is 127 cm³/mol. The van der Waals surface area contributed by atoms with Gasteiger partial charge in [-0.1, -0.05) is 12.1 Å². The number of nitriles is 1. The van der Waals surface area contributed by atoms with Crippen LogP contribution in [0.2, 0.25) is 0 Å². The van der Waals surface area contributed by atoms with Crippen molar-refractivity contribution in [2.75, 3.05) is 27.2 Å². The van der Waals surface area contributed by atoms with Crippen LogP contribution in [0, 0.1) is 11.3 Å². The van der Waals surface area contributed by atoms with Gasteiger partial charge >= 0.3 is 0 Å². The van der Waals surface area contributed by atoms with Gasteiger partial charge in [0.15, 0.2) is 5.82 Å². The quantitative estimate of drug-likeness (QED) is 0.457. The van der Waals surface area contributed by atoms with Gasteiger partial charge < -0.3 is 14.8 Å². The van der Waals surface area contributed by atoms with Gasteiger partial charge in [0, 0.05) is 49.4 Å². The first-order valence-corrected chi connectivity index (χ1v) is 10.8. The minimum Gasteiger partial charge on any atom is -0.351 e. The largest absolute Gasteiger partial charge is 0.351 e. The Morgan fingerprint density at radius 3 is 2.73 bits per heavy atom. The van der Waals surface area contributed by atoms with Crippen LogP contribution in [0.25, 0.3) is 28.3 Å². The Hall–Kier alpha value is -4.15. The average Bonchev–Trinajstić information content (AvgIpc) is 3.44. The first-order chi connectivity index (χ1) is 16.0. The lowest BCUT2D eigenvalue weighted by molar-refractivity contribution is 0.0951. The number of nitrogens with one attached hydrogen (secondary N) is 1. The molecular formula is C26H24N6O. The van der Waals surface area contributed by atoms with Crippen LogP contribution in [0.3, 0.4) is 0 Å². The fourth-order valence-corrected chi connectivity index (χ4v) is 4.18. The SMILES string of the molecule is CN(C)CCNC(=O)c1ccc2c(c1)Cn1cc(-c3ccc(C#N)cc3)cc1-c1nccn1-2. The average molecular weight is 437 g/mol. The van der Waals surface area contributed by atoms with Crippen LogP contribution in [0.4, 0.5) is 0 Å². The van der Waals surface area contributed by atoms with E-state index >= 15 is 0 Å². The first-order valence-electron chi connectivity index (χ1n) is 10.8. The van der Waals surface area contributed by atoms with Crippen molar-refractivity contribution in [3.63, 3.8) is 0 Å². The van der Waals surface area contributed by atoms with E-state index in [4.69, 9.17) is 5.26 Å². The second-order valence-electron chi connectivity index (χ2n) is 8.45. The van der Waals surface area contributed by atoms with Gasteiger partial charge in [-0.25, -0.2) is 4.98 Å². The molecule has 1 aliphatic rings. The number of benzene rings is 2. The van der Waals surface area contributed by atoms with Crippen LogP contribution in [0.1, 0.15) is 21.5 Å². The summed E-state index contributed by atoms with van der Waals surface area (Å²) in [5, 5.41) is 12.1. The summed E-state index contributed by atoms with van der Waals surface area (Å²) in [6.07, 6.45) is 5.86. The number of amides is 1. The Labute approximate surface area is 192 Å². The third-order valence-corrected chi connectivity index (χ3v) is 5.90. The predicted octanol–water partition coefficient (Wildman–Crippen LogP) is 3.53. The number of hydrogen-bond acceptors (Lipinski definition) is 4. The van der Waals surface area contributed by atoms with E-state index in [2.05, 4.69) is 37.8 Å². The first kappa shape index (κ1) is 20.7. The Bertz CT molecular complexity index is 1370. The molecule has 0 fully saturated rings. The number of carbonyl (C=O) groups excluding carboxylic acids is 1. The van der Waals surface area contributed by atoms with Gasteiger partial charge in [0.25, 0.3) is 5.91 Å². The van der Waals surface area contributed by atoms with E-state index in [1.165, 1.54) is 0 Å². The molecule has 1 amide bonds. The van der Waals surface area contributed by atoms with E-state index in [0.717, 1.165) is 40.4 Å². The zero-order valence-corrected chi connectivity index (χ0v) is 18.6. The van der Waals surface area contributed by atoms with Crippen molar-refractivity contribution in [3.05, 3.63) is 83.8 Å². The molecular weight excluding hydrogens is 412 g/mol. The molecule has 7 nitrogen and oxygen atoms in total. The van der Waals surface area contributed by atoms with E-state index < -0.39 is 0 Å². The van der Waals surface area contributed by atoms with Crippen LogP contribution < -0.4 is 5.32 Å². The topological polar surface area (TPSA) is 78.9 Å². The molecule has 33 heavy (non-hydrogen) atoms. The lowest BCUT2D eigenvalue weighted by atomic mass is 10.1. The fraction of sp³-hybridized carbons (Fsp3) is 0.192. The molecule has 2 aromatic carbocycles. The van der Waals surface area contributed by atoms with E-state index in [0.29, 0.717) is 24.2 Å². The molecule has 0 aliphatic carbocycles. The van der Waals surface area contributed by atoms with Crippen molar-refractivity contribution in [2.24, 2.45) is 0 Å². The van der Waals surface area contributed by atoms with Gasteiger partial charge in [-0.3, -0.25) is 9.36 Å². The zero-order valence-electron chi connectivity index (χ0n) is 18.6. The van der Waals surface area contributed by atoms with Gasteiger partial charge in [0.05, 0.1) is 23.0 Å². The van der Waals surface area contributed by atoms with Crippen molar-refractivity contribution in [1.29, 1.82) is 5.26 Å². The summed E-state index contributed by atoms with van der Waals surface area (Å²) in [5.41, 5.74) is 6.48. The van der Waals surface area contributed by atoms with Gasteiger partial charge in [-0.15, -0.1) is 0 Å². The van der Waals surface area contributed by atoms with Gasteiger partial charge in [0.2, 0.25) is 0 Å². The maximum absolute atomic E-state index is 12.7. The van der Waals surface area contributed by atoms with Gasteiger partial charge in [-0.05, 0) is 61.6 Å². The second kappa shape index (κ2) is 8.41. The molecule has 4 aromatic rings. The normalized spacial score (nSPS) is 11.8. The number of aromatic nitrogens is 3. The van der Waals surface area contributed by atoms with Crippen LogP contribution in [-0.4, -0.2) is 52.1 Å². The summed E-state index contributed by atoms with van der Waals surface area (Å²) >= 11 is 0. The number of rotatable bonds is 5. The number of fused-ring (bicyclic) bond motifs is 5. The van der Waals surface area contributed by atoms with Gasteiger partial charge in [0.1, 0.15) is 0 Å². The molecule has 5 rings (SSSR count). The van der Waals surface area contributed by atoms with Crippen molar-refractivity contribution in [1.82, 2.24) is 24.3 Å². The van der Waals surface area contributed by atoms with E-state index in [1.807, 2.05) is 67.7 Å². The molecule has 7 heteroatoms. The van der Waals surface area contributed by atoms with Crippen LogP contribution >= 0.6 is 0 Å². The Morgan fingerprint density at radius 2 is 1.97 bits per heavy atom. The minimum absolute atomic E-state index is 0.0687. The summed E-state index contributed by atoms with van der Waals surface area (Å²) in [4.78, 5) is 19.4. The van der Waals surface area contributed by atoms with Crippen molar-refractivity contribution < 1.29 is 4.79 Å². The summed E-state index contributed by atoms with van der Waals surface area (Å²) in [6.45, 7) is 2.02. The summed E-state index contributed by atoms with van der Waals surface area (Å²) in [6, 6.07) is 17.7. The molecule has 164 valence electrons. The van der Waals surface area contributed by atoms with Crippen LogP contribution in [-0.2, 0) is 6.54 Å². The zero-order chi connectivity index (χ0) is 22.9. The monoisotopic (exact) mass is 436 g/mol. The lowest BCUT2D eigenvalue weighted by Gasteiger charge is -2.13. The van der Waals surface area contributed by atoms with E-state index in [9.17, 15) is 4.79 Å². The van der Waals surface area contributed by atoms with E-state index in [-0.39, 0.29) is 5.91 Å². The highest BCUT2D eigenvalue weighted by molar-refractivity contribution is 5.94. The maximum atomic E-state index is 12.7. The summed E-state index contributed by atoms with van der Waals surface area (Å²) in [7, 11) is 3.97. The molecule has 2 aromatic heterocycles. The van der Waals surface area contributed by atoms with Crippen LogP contribution in [0.5, 0.6) is 0 Å². The molecule has 0 saturated heterocycles. The number of hydrogen-bond donors (Lipinski definition) is 1. The number of likely N-dealkylation sites (N-methyl/N-ethyl adjacent to an activating group) is 1. The highest BCUT2D eigenvalue weighted by Crippen LogP contribution is 2.34. The Morgan fingerprint density at radius 1 is 1.15 bits per heavy atom. The van der Waals surface area contributed by atoms with Crippen LogP contribution in [0.15, 0.2) is 67.1 Å². The molecule has 0 radical (unpaired) electrons. The third kappa shape index (κ3) is 3.93. The molecule has 3 heterocycles. The van der Waals surface area contributed by atoms with Crippen molar-refractivity contribution in [3.8, 4) is 34.4 Å². The number of nitrogens with zero attached hydrogens (tertiary/aromatic N) is 5. The van der Waals surface area contributed by atoms with Gasteiger partial charge in [-0.2, -0.15) is 5.26 Å². The molecule has 0 unspecified atom stereocenters. The highest BCUT2D eigenvalue weighted by atomic mass is 16.1. The second-order valence-corrected chi connectivity index (χ2v) is 8.45. The molecule has 1 N–H and O–H groups in total. The molecule has 0 bridgehead atoms. The summed E-state index contributed by atoms with van der Waals surface area (Å²) < 4.78 is 4.25. The van der Waals surface area contributed by atoms with Crippen molar-refractivity contribution >= 4 is 5.91 Å². The van der Waals surface area contributed by atoms with Crippen molar-refractivity contribution in [2.45, 2.75) is 6.54 Å². The Kier molecular flexibility index (Phi) is 5.29. The lowest BCUT2D eigenvalue weighted by Crippen LogP contribution is -2.31. The summed E-state index contributed by atoms with van der Waals surface area (Å²) in [5.74, 6) is 0.789. The fourth-order valence-electron chi connectivity index (χ4n) is 4.18. The molecule has 0 spiro atoms.